The third kappa shape index (κ3) is 4.69. The largest absolute Gasteiger partial charge is 0.494 e. The minimum Gasteiger partial charge on any atom is -0.494 e. The fourth-order valence-corrected chi connectivity index (χ4v) is 1.76. The molecule has 1 unspecified atom stereocenters. The van der Waals surface area contributed by atoms with Crippen LogP contribution in [0.2, 0.25) is 0 Å². The van der Waals surface area contributed by atoms with E-state index in [4.69, 9.17) is 4.74 Å². The van der Waals surface area contributed by atoms with Crippen molar-refractivity contribution in [3.8, 4) is 5.75 Å². The van der Waals surface area contributed by atoms with Crippen LogP contribution < -0.4 is 4.74 Å². The maximum atomic E-state index is 12.1. The molecule has 18 heavy (non-hydrogen) atoms. The van der Waals surface area contributed by atoms with Gasteiger partial charge in [-0.1, -0.05) is 22.9 Å². The molecule has 4 heteroatoms. The van der Waals surface area contributed by atoms with E-state index in [1.807, 2.05) is 26.1 Å². The first-order chi connectivity index (χ1) is 8.54. The van der Waals surface area contributed by atoms with Crippen LogP contribution >= 0.6 is 15.9 Å². The number of hydrogen-bond donors (Lipinski definition) is 0. The van der Waals surface area contributed by atoms with Crippen LogP contribution in [0.4, 0.5) is 0 Å². The number of amides is 1. The van der Waals surface area contributed by atoms with E-state index in [1.54, 1.807) is 17.0 Å². The second-order valence-corrected chi connectivity index (χ2v) is 5.82. The summed E-state index contributed by atoms with van der Waals surface area (Å²) in [6, 6.07) is 7.28. The third-order valence-electron chi connectivity index (χ3n) is 2.62. The fourth-order valence-electron chi connectivity index (χ4n) is 1.55. The normalized spacial score (nSPS) is 12.0. The van der Waals surface area contributed by atoms with Gasteiger partial charge in [0.25, 0.3) is 5.91 Å². The average Bonchev–Trinajstić information content (AvgIpc) is 2.36. The Balaban J connectivity index is 2.60. The summed E-state index contributed by atoms with van der Waals surface area (Å²) in [5.74, 6) is 0.844. The van der Waals surface area contributed by atoms with Crippen LogP contribution in [0.1, 0.15) is 30.6 Å². The molecule has 0 aromatic heterocycles. The molecular formula is C14H20BrNO2. The number of nitrogens with zero attached hydrogens (tertiary/aromatic N) is 1. The Bertz CT molecular complexity index is 376. The molecule has 0 N–H and O–H groups in total. The monoisotopic (exact) mass is 313 g/mol. The summed E-state index contributed by atoms with van der Waals surface area (Å²) in [4.78, 5) is 14.3. The van der Waals surface area contributed by atoms with Gasteiger partial charge in [0.1, 0.15) is 5.75 Å². The molecule has 0 aliphatic heterocycles. The summed E-state index contributed by atoms with van der Waals surface area (Å²) >= 11 is 3.48. The van der Waals surface area contributed by atoms with Gasteiger partial charge < -0.3 is 9.64 Å². The van der Waals surface area contributed by atoms with Crippen molar-refractivity contribution >= 4 is 21.8 Å². The zero-order valence-corrected chi connectivity index (χ0v) is 12.7. The zero-order chi connectivity index (χ0) is 13.5. The van der Waals surface area contributed by atoms with Crippen LogP contribution in [0.5, 0.6) is 5.75 Å². The van der Waals surface area contributed by atoms with Gasteiger partial charge in [0.2, 0.25) is 0 Å². The van der Waals surface area contributed by atoms with E-state index in [9.17, 15) is 4.79 Å². The van der Waals surface area contributed by atoms with Crippen LogP contribution in [0, 0.1) is 0 Å². The molecule has 100 valence electrons. The van der Waals surface area contributed by atoms with Crippen molar-refractivity contribution in [3.63, 3.8) is 0 Å². The molecule has 0 bridgehead atoms. The van der Waals surface area contributed by atoms with Crippen molar-refractivity contribution in [2.75, 3.05) is 20.2 Å². The van der Waals surface area contributed by atoms with E-state index < -0.39 is 0 Å². The number of hydrogen-bond acceptors (Lipinski definition) is 2. The molecule has 1 rings (SSSR count). The van der Waals surface area contributed by atoms with Crippen molar-refractivity contribution in [2.24, 2.45) is 0 Å². The Morgan fingerprint density at radius 3 is 2.50 bits per heavy atom. The third-order valence-corrected chi connectivity index (χ3v) is 3.08. The Morgan fingerprint density at radius 2 is 2.00 bits per heavy atom. The first-order valence-electron chi connectivity index (χ1n) is 6.17. The minimum absolute atomic E-state index is 0.0474. The summed E-state index contributed by atoms with van der Waals surface area (Å²) in [5.41, 5.74) is 0.697. The lowest BCUT2D eigenvalue weighted by Gasteiger charge is -2.18. The first kappa shape index (κ1) is 15.0. The van der Waals surface area contributed by atoms with Crippen LogP contribution in [0.25, 0.3) is 0 Å². The predicted octanol–water partition coefficient (Wildman–Crippen LogP) is 3.33. The number of alkyl halides is 1. The van der Waals surface area contributed by atoms with Crippen LogP contribution in [-0.4, -0.2) is 35.8 Å². The van der Waals surface area contributed by atoms with Crippen molar-refractivity contribution < 1.29 is 9.53 Å². The van der Waals surface area contributed by atoms with Gasteiger partial charge in [-0.2, -0.15) is 0 Å². The standard InChI is InChI=1S/C14H20BrNO2/c1-4-18-13-7-5-12(6-8-13)14(17)16(3)10-9-11(2)15/h5-8,11H,4,9-10H2,1-3H3. The van der Waals surface area contributed by atoms with Gasteiger partial charge in [0, 0.05) is 24.0 Å². The Morgan fingerprint density at radius 1 is 1.39 bits per heavy atom. The van der Waals surface area contributed by atoms with Crippen molar-refractivity contribution in [2.45, 2.75) is 25.1 Å². The van der Waals surface area contributed by atoms with Gasteiger partial charge in [-0.25, -0.2) is 0 Å². The summed E-state index contributed by atoms with van der Waals surface area (Å²) in [5, 5.41) is 0. The molecule has 1 amide bonds. The molecule has 0 radical (unpaired) electrons. The summed E-state index contributed by atoms with van der Waals surface area (Å²) in [6.45, 7) is 5.40. The average molecular weight is 314 g/mol. The number of carbonyl (C=O) groups excluding carboxylic acids is 1. The van der Waals surface area contributed by atoms with E-state index >= 15 is 0 Å². The second kappa shape index (κ2) is 7.41. The molecule has 0 spiro atoms. The second-order valence-electron chi connectivity index (χ2n) is 4.25. The first-order valence-corrected chi connectivity index (χ1v) is 7.08. The molecule has 0 aliphatic carbocycles. The van der Waals surface area contributed by atoms with Crippen molar-refractivity contribution in [1.82, 2.24) is 4.90 Å². The molecular weight excluding hydrogens is 294 g/mol. The molecule has 0 saturated carbocycles. The highest BCUT2D eigenvalue weighted by atomic mass is 79.9. The van der Waals surface area contributed by atoms with Crippen LogP contribution in [0.15, 0.2) is 24.3 Å². The maximum Gasteiger partial charge on any atom is 0.253 e. The lowest BCUT2D eigenvalue weighted by Crippen LogP contribution is -2.28. The highest BCUT2D eigenvalue weighted by Gasteiger charge is 2.12. The summed E-state index contributed by atoms with van der Waals surface area (Å²) in [7, 11) is 1.83. The quantitative estimate of drug-likeness (QED) is 0.754. The van der Waals surface area contributed by atoms with E-state index in [0.717, 1.165) is 18.7 Å². The SMILES string of the molecule is CCOc1ccc(C(=O)N(C)CCC(C)Br)cc1. The van der Waals surface area contributed by atoms with Crippen LogP contribution in [-0.2, 0) is 0 Å². The van der Waals surface area contributed by atoms with Crippen LogP contribution in [0.3, 0.4) is 0 Å². The Hall–Kier alpha value is -1.03. The maximum absolute atomic E-state index is 12.1. The van der Waals surface area contributed by atoms with E-state index in [1.165, 1.54) is 0 Å². The summed E-state index contributed by atoms with van der Waals surface area (Å²) < 4.78 is 5.35. The number of halogens is 1. The Labute approximate surface area is 117 Å². The molecule has 0 saturated heterocycles. The molecule has 0 fully saturated rings. The van der Waals surface area contributed by atoms with E-state index in [2.05, 4.69) is 22.9 Å². The highest BCUT2D eigenvalue weighted by Crippen LogP contribution is 2.14. The van der Waals surface area contributed by atoms with Gasteiger partial charge in [-0.15, -0.1) is 0 Å². The number of carbonyl (C=O) groups is 1. The summed E-state index contributed by atoms with van der Waals surface area (Å²) in [6.07, 6.45) is 0.944. The lowest BCUT2D eigenvalue weighted by molar-refractivity contribution is 0.0794. The Kier molecular flexibility index (Phi) is 6.19. The smallest absolute Gasteiger partial charge is 0.253 e. The van der Waals surface area contributed by atoms with Crippen molar-refractivity contribution in [3.05, 3.63) is 29.8 Å². The zero-order valence-electron chi connectivity index (χ0n) is 11.1. The minimum atomic E-state index is 0.0474. The van der Waals surface area contributed by atoms with Gasteiger partial charge in [0.05, 0.1) is 6.61 Å². The van der Waals surface area contributed by atoms with Crippen molar-refractivity contribution in [1.29, 1.82) is 0 Å². The predicted molar refractivity (Wildman–Crippen MR) is 77.6 cm³/mol. The molecule has 1 aromatic rings. The topological polar surface area (TPSA) is 29.5 Å². The van der Waals surface area contributed by atoms with Gasteiger partial charge in [-0.05, 0) is 37.6 Å². The number of ether oxygens (including phenoxy) is 1. The van der Waals surface area contributed by atoms with E-state index in [-0.39, 0.29) is 5.91 Å². The number of rotatable bonds is 6. The molecule has 1 atom stereocenters. The van der Waals surface area contributed by atoms with Gasteiger partial charge in [-0.3, -0.25) is 4.79 Å². The van der Waals surface area contributed by atoms with Gasteiger partial charge in [0.15, 0.2) is 0 Å². The molecule has 1 aromatic carbocycles. The molecule has 0 heterocycles. The highest BCUT2D eigenvalue weighted by molar-refractivity contribution is 9.09. The molecule has 3 nitrogen and oxygen atoms in total. The van der Waals surface area contributed by atoms with Gasteiger partial charge >= 0.3 is 0 Å². The lowest BCUT2D eigenvalue weighted by atomic mass is 10.2. The molecule has 0 aliphatic rings. The van der Waals surface area contributed by atoms with E-state index in [0.29, 0.717) is 17.0 Å². The fraction of sp³-hybridized carbons (Fsp3) is 0.500. The number of benzene rings is 1.